The first-order valence-corrected chi connectivity index (χ1v) is 5.84. The van der Waals surface area contributed by atoms with Crippen LogP contribution in [0.25, 0.3) is 0 Å². The second-order valence-electron chi connectivity index (χ2n) is 3.87. The summed E-state index contributed by atoms with van der Waals surface area (Å²) in [7, 11) is 0. The Labute approximate surface area is 115 Å². The number of carbonyl (C=O) groups is 1. The first-order valence-electron chi connectivity index (χ1n) is 5.46. The minimum atomic E-state index is -0.461. The molecule has 5 N–H and O–H groups in total. The number of hydrogen-bond acceptors (Lipinski definition) is 3. The second-order valence-corrected chi connectivity index (χ2v) is 4.28. The maximum Gasteiger partial charge on any atom is 0.323 e. The van der Waals surface area contributed by atoms with Crippen LogP contribution in [0, 0.1) is 0 Å². The van der Waals surface area contributed by atoms with Crippen molar-refractivity contribution in [3.63, 3.8) is 0 Å². The zero-order valence-corrected chi connectivity index (χ0v) is 10.6. The molecule has 0 spiro atoms. The minimum absolute atomic E-state index is 0.0725. The van der Waals surface area contributed by atoms with Gasteiger partial charge in [-0.3, -0.25) is 0 Å². The van der Waals surface area contributed by atoms with Gasteiger partial charge in [-0.25, -0.2) is 4.79 Å². The number of aromatic hydroxyl groups is 1. The molecule has 2 aromatic carbocycles. The molecule has 0 unspecified atom stereocenters. The lowest BCUT2D eigenvalue weighted by atomic mass is 10.3. The van der Waals surface area contributed by atoms with Crippen molar-refractivity contribution in [1.29, 1.82) is 0 Å². The highest BCUT2D eigenvalue weighted by Gasteiger charge is 2.06. The number of benzene rings is 2. The molecule has 0 fully saturated rings. The average molecular weight is 278 g/mol. The first kappa shape index (κ1) is 13.0. The SMILES string of the molecule is Nc1ccc(NC(=O)Nc2cccc(O)c2)c(Cl)c1. The van der Waals surface area contributed by atoms with Gasteiger partial charge in [-0.05, 0) is 30.3 Å². The zero-order chi connectivity index (χ0) is 13.8. The van der Waals surface area contributed by atoms with Crippen molar-refractivity contribution in [3.8, 4) is 5.75 Å². The number of anilines is 3. The summed E-state index contributed by atoms with van der Waals surface area (Å²) in [6.07, 6.45) is 0. The van der Waals surface area contributed by atoms with E-state index in [2.05, 4.69) is 10.6 Å². The van der Waals surface area contributed by atoms with Crippen molar-refractivity contribution in [2.24, 2.45) is 0 Å². The molecule has 0 aromatic heterocycles. The van der Waals surface area contributed by atoms with Gasteiger partial charge >= 0.3 is 6.03 Å². The Morgan fingerprint density at radius 3 is 2.63 bits per heavy atom. The molecule has 2 rings (SSSR count). The quantitative estimate of drug-likeness (QED) is 0.635. The van der Waals surface area contributed by atoms with Gasteiger partial charge in [0.05, 0.1) is 10.7 Å². The fourth-order valence-electron chi connectivity index (χ4n) is 1.50. The predicted molar refractivity (Wildman–Crippen MR) is 76.6 cm³/mol. The summed E-state index contributed by atoms with van der Waals surface area (Å²) < 4.78 is 0. The number of hydrogen-bond donors (Lipinski definition) is 4. The maximum absolute atomic E-state index is 11.7. The molecule has 5 nitrogen and oxygen atoms in total. The number of halogens is 1. The smallest absolute Gasteiger partial charge is 0.323 e. The molecule has 0 atom stereocenters. The molecule has 0 radical (unpaired) electrons. The molecule has 0 aliphatic heterocycles. The molecule has 0 saturated heterocycles. The molecule has 0 bridgehead atoms. The number of carbonyl (C=O) groups excluding carboxylic acids is 1. The summed E-state index contributed by atoms with van der Waals surface area (Å²) in [5.74, 6) is 0.0725. The summed E-state index contributed by atoms with van der Waals surface area (Å²) in [6, 6.07) is 10.6. The fourth-order valence-corrected chi connectivity index (χ4v) is 1.74. The Kier molecular flexibility index (Phi) is 3.77. The Morgan fingerprint density at radius 1 is 1.16 bits per heavy atom. The Hall–Kier alpha value is -2.40. The molecule has 2 amide bonds. The number of nitrogens with one attached hydrogen (secondary N) is 2. The van der Waals surface area contributed by atoms with Crippen LogP contribution in [0.15, 0.2) is 42.5 Å². The number of urea groups is 1. The van der Waals surface area contributed by atoms with Crippen LogP contribution in [-0.2, 0) is 0 Å². The molecule has 0 saturated carbocycles. The number of nitrogen functional groups attached to an aromatic ring is 1. The van der Waals surface area contributed by atoms with E-state index in [-0.39, 0.29) is 5.75 Å². The Morgan fingerprint density at radius 2 is 1.95 bits per heavy atom. The van der Waals surface area contributed by atoms with Crippen molar-refractivity contribution < 1.29 is 9.90 Å². The average Bonchev–Trinajstić information content (AvgIpc) is 2.33. The van der Waals surface area contributed by atoms with Gasteiger partial charge < -0.3 is 21.5 Å². The molecule has 19 heavy (non-hydrogen) atoms. The normalized spacial score (nSPS) is 9.95. The number of phenols is 1. The van der Waals surface area contributed by atoms with E-state index in [4.69, 9.17) is 17.3 Å². The van der Waals surface area contributed by atoms with E-state index >= 15 is 0 Å². The minimum Gasteiger partial charge on any atom is -0.508 e. The van der Waals surface area contributed by atoms with Crippen LogP contribution in [0.1, 0.15) is 0 Å². The number of nitrogens with two attached hydrogens (primary N) is 1. The van der Waals surface area contributed by atoms with Crippen LogP contribution in [0.3, 0.4) is 0 Å². The van der Waals surface area contributed by atoms with Crippen LogP contribution in [0.5, 0.6) is 5.75 Å². The van der Waals surface area contributed by atoms with Crippen LogP contribution in [0.2, 0.25) is 5.02 Å². The van der Waals surface area contributed by atoms with E-state index in [1.807, 2.05) is 0 Å². The van der Waals surface area contributed by atoms with Gasteiger partial charge in [0, 0.05) is 17.4 Å². The van der Waals surface area contributed by atoms with Gasteiger partial charge in [0.15, 0.2) is 0 Å². The third-order valence-electron chi connectivity index (χ3n) is 2.35. The number of amides is 2. The van der Waals surface area contributed by atoms with E-state index < -0.39 is 6.03 Å². The van der Waals surface area contributed by atoms with Crippen molar-refractivity contribution in [1.82, 2.24) is 0 Å². The third kappa shape index (κ3) is 3.53. The van der Waals surface area contributed by atoms with Crippen LogP contribution >= 0.6 is 11.6 Å². The van der Waals surface area contributed by atoms with Gasteiger partial charge in [0.2, 0.25) is 0 Å². The number of rotatable bonds is 2. The summed E-state index contributed by atoms with van der Waals surface area (Å²) in [5.41, 5.74) is 7.00. The van der Waals surface area contributed by atoms with Crippen LogP contribution in [0.4, 0.5) is 21.9 Å². The van der Waals surface area contributed by atoms with Crippen molar-refractivity contribution >= 4 is 34.7 Å². The van der Waals surface area contributed by atoms with Crippen LogP contribution in [-0.4, -0.2) is 11.1 Å². The van der Waals surface area contributed by atoms with E-state index in [0.29, 0.717) is 22.1 Å². The Bertz CT molecular complexity index is 617. The van der Waals surface area contributed by atoms with E-state index in [0.717, 1.165) is 0 Å². The largest absolute Gasteiger partial charge is 0.508 e. The summed E-state index contributed by atoms with van der Waals surface area (Å²) in [5, 5.41) is 14.8. The zero-order valence-electron chi connectivity index (χ0n) is 9.85. The molecular weight excluding hydrogens is 266 g/mol. The number of phenolic OH excluding ortho intramolecular Hbond substituents is 1. The second kappa shape index (κ2) is 5.49. The van der Waals surface area contributed by atoms with Crippen molar-refractivity contribution in [2.75, 3.05) is 16.4 Å². The van der Waals surface area contributed by atoms with E-state index in [1.165, 1.54) is 12.1 Å². The highest BCUT2D eigenvalue weighted by molar-refractivity contribution is 6.34. The van der Waals surface area contributed by atoms with Crippen LogP contribution < -0.4 is 16.4 Å². The summed E-state index contributed by atoms with van der Waals surface area (Å²) in [4.78, 5) is 11.7. The van der Waals surface area contributed by atoms with Gasteiger partial charge in [-0.2, -0.15) is 0 Å². The van der Waals surface area contributed by atoms with Crippen molar-refractivity contribution in [3.05, 3.63) is 47.5 Å². The van der Waals surface area contributed by atoms with Gasteiger partial charge in [-0.15, -0.1) is 0 Å². The van der Waals surface area contributed by atoms with Gasteiger partial charge in [0.25, 0.3) is 0 Å². The monoisotopic (exact) mass is 277 g/mol. The lowest BCUT2D eigenvalue weighted by Crippen LogP contribution is -2.19. The highest BCUT2D eigenvalue weighted by atomic mass is 35.5. The molecule has 0 aliphatic carbocycles. The molecule has 6 heteroatoms. The van der Waals surface area contributed by atoms with E-state index in [1.54, 1.807) is 30.3 Å². The molecule has 0 heterocycles. The van der Waals surface area contributed by atoms with Gasteiger partial charge in [-0.1, -0.05) is 17.7 Å². The maximum atomic E-state index is 11.7. The molecular formula is C13H12ClN3O2. The Balaban J connectivity index is 2.05. The van der Waals surface area contributed by atoms with Gasteiger partial charge in [0.1, 0.15) is 5.75 Å². The standard InChI is InChI=1S/C13H12ClN3O2/c14-11-6-8(15)4-5-12(11)17-13(19)16-9-2-1-3-10(18)7-9/h1-7,18H,15H2,(H2,16,17,19). The van der Waals surface area contributed by atoms with E-state index in [9.17, 15) is 9.90 Å². The summed E-state index contributed by atoms with van der Waals surface area (Å²) >= 11 is 5.94. The summed E-state index contributed by atoms with van der Waals surface area (Å²) in [6.45, 7) is 0. The topological polar surface area (TPSA) is 87.4 Å². The molecule has 98 valence electrons. The predicted octanol–water partition coefficient (Wildman–Crippen LogP) is 3.27. The molecule has 2 aromatic rings. The highest BCUT2D eigenvalue weighted by Crippen LogP contribution is 2.24. The fraction of sp³-hybridized carbons (Fsp3) is 0. The lowest BCUT2D eigenvalue weighted by Gasteiger charge is -2.09. The first-order chi connectivity index (χ1) is 9.04. The van der Waals surface area contributed by atoms with Crippen molar-refractivity contribution in [2.45, 2.75) is 0 Å². The molecule has 0 aliphatic rings. The third-order valence-corrected chi connectivity index (χ3v) is 2.66. The lowest BCUT2D eigenvalue weighted by molar-refractivity contribution is 0.262.